The summed E-state index contributed by atoms with van der Waals surface area (Å²) in [5, 5.41) is 10.6. The van der Waals surface area contributed by atoms with E-state index in [1.54, 1.807) is 12.5 Å². The fourth-order valence-electron chi connectivity index (χ4n) is 3.10. The zero-order chi connectivity index (χ0) is 17.1. The van der Waals surface area contributed by atoms with Crippen LogP contribution in [-0.4, -0.2) is 28.1 Å². The van der Waals surface area contributed by atoms with Crippen LogP contribution in [-0.2, 0) is 13.1 Å². The summed E-state index contributed by atoms with van der Waals surface area (Å²) in [6.45, 7) is 2.95. The normalized spacial score (nSPS) is 15.9. The number of benzene rings is 1. The summed E-state index contributed by atoms with van der Waals surface area (Å²) in [6.07, 6.45) is 2.64. The van der Waals surface area contributed by atoms with Crippen LogP contribution in [0, 0.1) is 0 Å². The van der Waals surface area contributed by atoms with Gasteiger partial charge in [-0.3, -0.25) is 9.88 Å². The number of rotatable bonds is 4. The van der Waals surface area contributed by atoms with Crippen LogP contribution in [0.4, 0.5) is 0 Å². The molecule has 1 N–H and O–H groups in total. The van der Waals surface area contributed by atoms with Gasteiger partial charge in [-0.15, -0.1) is 0 Å². The second kappa shape index (κ2) is 7.09. The standard InChI is InChI=1S/C20H20N2O3/c23-20(18-5-1-2-8-21-18)15-6-7-19-16(12-15)13-22(9-11-25-19)14-17-4-3-10-24-17/h1-8,10,12,20,23H,9,11,13-14H2. The number of ether oxygens (including phenoxy) is 1. The van der Waals surface area contributed by atoms with Gasteiger partial charge in [0.05, 0.1) is 18.5 Å². The molecule has 1 unspecified atom stereocenters. The van der Waals surface area contributed by atoms with Gasteiger partial charge in [-0.05, 0) is 42.0 Å². The van der Waals surface area contributed by atoms with E-state index in [2.05, 4.69) is 9.88 Å². The highest BCUT2D eigenvalue weighted by Crippen LogP contribution is 2.29. The molecule has 4 rings (SSSR count). The first-order valence-electron chi connectivity index (χ1n) is 8.39. The average molecular weight is 336 g/mol. The molecule has 1 aliphatic rings. The lowest BCUT2D eigenvalue weighted by molar-refractivity contribution is 0.206. The molecule has 1 aliphatic heterocycles. The Balaban J connectivity index is 1.57. The molecule has 5 heteroatoms. The van der Waals surface area contributed by atoms with Gasteiger partial charge in [0.2, 0.25) is 0 Å². The molecule has 1 atom stereocenters. The summed E-state index contributed by atoms with van der Waals surface area (Å²) in [6, 6.07) is 15.3. The maximum absolute atomic E-state index is 10.6. The van der Waals surface area contributed by atoms with Gasteiger partial charge in [0.25, 0.3) is 0 Å². The zero-order valence-electron chi connectivity index (χ0n) is 13.8. The van der Waals surface area contributed by atoms with E-state index in [1.165, 1.54) is 0 Å². The summed E-state index contributed by atoms with van der Waals surface area (Å²) in [5.74, 6) is 1.81. The molecule has 5 nitrogen and oxygen atoms in total. The highest BCUT2D eigenvalue weighted by Gasteiger charge is 2.19. The van der Waals surface area contributed by atoms with Crippen LogP contribution in [0.5, 0.6) is 5.75 Å². The number of aliphatic hydroxyl groups excluding tert-OH is 1. The summed E-state index contributed by atoms with van der Waals surface area (Å²) in [4.78, 5) is 6.53. The Morgan fingerprint density at radius 2 is 2.12 bits per heavy atom. The number of aliphatic hydroxyl groups is 1. The third-order valence-corrected chi connectivity index (χ3v) is 4.39. The van der Waals surface area contributed by atoms with E-state index in [-0.39, 0.29) is 0 Å². The molecule has 0 radical (unpaired) electrons. The quantitative estimate of drug-likeness (QED) is 0.793. The maximum atomic E-state index is 10.6. The molecule has 0 spiro atoms. The third kappa shape index (κ3) is 3.57. The van der Waals surface area contributed by atoms with Crippen molar-refractivity contribution in [3.05, 3.63) is 83.6 Å². The van der Waals surface area contributed by atoms with Gasteiger partial charge in [-0.25, -0.2) is 0 Å². The lowest BCUT2D eigenvalue weighted by Gasteiger charge is -2.18. The van der Waals surface area contributed by atoms with Crippen molar-refractivity contribution in [1.82, 2.24) is 9.88 Å². The Morgan fingerprint density at radius 1 is 1.16 bits per heavy atom. The molecule has 3 heterocycles. The lowest BCUT2D eigenvalue weighted by Crippen LogP contribution is -2.25. The van der Waals surface area contributed by atoms with Crippen LogP contribution < -0.4 is 4.74 Å². The van der Waals surface area contributed by atoms with Crippen LogP contribution in [0.1, 0.15) is 28.7 Å². The number of nitrogens with zero attached hydrogens (tertiary/aromatic N) is 2. The van der Waals surface area contributed by atoms with Gasteiger partial charge >= 0.3 is 0 Å². The Hall–Kier alpha value is -2.63. The largest absolute Gasteiger partial charge is 0.492 e. The van der Waals surface area contributed by atoms with Crippen molar-refractivity contribution in [2.24, 2.45) is 0 Å². The number of hydrogen-bond donors (Lipinski definition) is 1. The summed E-state index contributed by atoms with van der Waals surface area (Å²) >= 11 is 0. The van der Waals surface area contributed by atoms with Gasteiger partial charge in [-0.2, -0.15) is 0 Å². The number of aromatic nitrogens is 1. The molecule has 1 aromatic carbocycles. The Morgan fingerprint density at radius 3 is 2.92 bits per heavy atom. The Labute approximate surface area is 146 Å². The van der Waals surface area contributed by atoms with Crippen molar-refractivity contribution in [1.29, 1.82) is 0 Å². The van der Waals surface area contributed by atoms with Crippen molar-refractivity contribution in [3.8, 4) is 5.75 Å². The van der Waals surface area contributed by atoms with E-state index in [4.69, 9.17) is 9.15 Å². The molecule has 25 heavy (non-hydrogen) atoms. The van der Waals surface area contributed by atoms with Crippen LogP contribution >= 0.6 is 0 Å². The molecule has 2 aromatic heterocycles. The van der Waals surface area contributed by atoms with Gasteiger partial charge in [0.15, 0.2) is 0 Å². The fourth-order valence-corrected chi connectivity index (χ4v) is 3.10. The first-order valence-corrected chi connectivity index (χ1v) is 8.39. The highest BCUT2D eigenvalue weighted by atomic mass is 16.5. The Bertz CT molecular complexity index is 818. The fraction of sp³-hybridized carbons (Fsp3) is 0.250. The zero-order valence-corrected chi connectivity index (χ0v) is 13.8. The average Bonchev–Trinajstić information content (AvgIpc) is 3.07. The predicted octanol–water partition coefficient (Wildman–Crippen LogP) is 3.15. The minimum atomic E-state index is -0.742. The van der Waals surface area contributed by atoms with Crippen LogP contribution in [0.3, 0.4) is 0 Å². The van der Waals surface area contributed by atoms with Crippen molar-refractivity contribution < 1.29 is 14.3 Å². The first-order chi connectivity index (χ1) is 12.3. The van der Waals surface area contributed by atoms with Crippen molar-refractivity contribution >= 4 is 0 Å². The highest BCUT2D eigenvalue weighted by molar-refractivity contribution is 5.40. The topological polar surface area (TPSA) is 58.7 Å². The second-order valence-electron chi connectivity index (χ2n) is 6.16. The summed E-state index contributed by atoms with van der Waals surface area (Å²) in [7, 11) is 0. The van der Waals surface area contributed by atoms with E-state index in [1.807, 2.05) is 48.5 Å². The molecule has 0 aliphatic carbocycles. The van der Waals surface area contributed by atoms with Gasteiger partial charge in [-0.1, -0.05) is 12.1 Å². The SMILES string of the molecule is OC(c1ccc2c(c1)CN(Cc1ccco1)CCO2)c1ccccn1. The number of furan rings is 1. The summed E-state index contributed by atoms with van der Waals surface area (Å²) in [5.41, 5.74) is 2.53. The van der Waals surface area contributed by atoms with E-state index < -0.39 is 6.10 Å². The maximum Gasteiger partial charge on any atom is 0.123 e. The van der Waals surface area contributed by atoms with E-state index in [9.17, 15) is 5.11 Å². The summed E-state index contributed by atoms with van der Waals surface area (Å²) < 4.78 is 11.3. The number of fused-ring (bicyclic) bond motifs is 1. The van der Waals surface area contributed by atoms with E-state index in [0.29, 0.717) is 12.3 Å². The van der Waals surface area contributed by atoms with E-state index in [0.717, 1.165) is 42.3 Å². The van der Waals surface area contributed by atoms with Crippen molar-refractivity contribution in [3.63, 3.8) is 0 Å². The number of pyridine rings is 1. The van der Waals surface area contributed by atoms with Crippen molar-refractivity contribution in [2.75, 3.05) is 13.2 Å². The molecule has 0 bridgehead atoms. The molecule has 128 valence electrons. The van der Waals surface area contributed by atoms with Crippen molar-refractivity contribution in [2.45, 2.75) is 19.2 Å². The molecule has 0 fully saturated rings. The lowest BCUT2D eigenvalue weighted by atomic mass is 10.0. The third-order valence-electron chi connectivity index (χ3n) is 4.39. The van der Waals surface area contributed by atoms with Crippen LogP contribution in [0.15, 0.2) is 65.4 Å². The Kier molecular flexibility index (Phi) is 4.50. The monoisotopic (exact) mass is 336 g/mol. The smallest absolute Gasteiger partial charge is 0.123 e. The van der Waals surface area contributed by atoms with Crippen LogP contribution in [0.25, 0.3) is 0 Å². The minimum Gasteiger partial charge on any atom is -0.492 e. The minimum absolute atomic E-state index is 0.635. The first kappa shape index (κ1) is 15.9. The predicted molar refractivity (Wildman–Crippen MR) is 93.1 cm³/mol. The molecular formula is C20H20N2O3. The van der Waals surface area contributed by atoms with E-state index >= 15 is 0 Å². The van der Waals surface area contributed by atoms with Crippen LogP contribution in [0.2, 0.25) is 0 Å². The van der Waals surface area contributed by atoms with Gasteiger partial charge in [0, 0.05) is 24.8 Å². The van der Waals surface area contributed by atoms with Gasteiger partial charge < -0.3 is 14.3 Å². The second-order valence-corrected chi connectivity index (χ2v) is 6.16. The molecule has 0 amide bonds. The molecule has 0 saturated carbocycles. The molecule has 0 saturated heterocycles. The number of hydrogen-bond acceptors (Lipinski definition) is 5. The van der Waals surface area contributed by atoms with Gasteiger partial charge in [0.1, 0.15) is 24.2 Å². The molecular weight excluding hydrogens is 316 g/mol. The molecule has 3 aromatic rings.